The van der Waals surface area contributed by atoms with E-state index in [0.29, 0.717) is 39.9 Å². The molecule has 2 aromatic rings. The van der Waals surface area contributed by atoms with Gasteiger partial charge >= 0.3 is 0 Å². The zero-order valence-electron chi connectivity index (χ0n) is 18.7. The van der Waals surface area contributed by atoms with Crippen LogP contribution < -0.4 is 5.32 Å². The van der Waals surface area contributed by atoms with Crippen molar-refractivity contribution in [3.63, 3.8) is 0 Å². The predicted molar refractivity (Wildman–Crippen MR) is 134 cm³/mol. The Bertz CT molecular complexity index is 1010. The van der Waals surface area contributed by atoms with Crippen molar-refractivity contribution in [2.75, 3.05) is 19.6 Å². The van der Waals surface area contributed by atoms with Gasteiger partial charge < -0.3 is 10.2 Å². The van der Waals surface area contributed by atoms with Crippen LogP contribution in [0.25, 0.3) is 0 Å². The van der Waals surface area contributed by atoms with Crippen LogP contribution in [-0.2, 0) is 9.59 Å². The van der Waals surface area contributed by atoms with Gasteiger partial charge in [0.1, 0.15) is 0 Å². The van der Waals surface area contributed by atoms with Crippen molar-refractivity contribution in [2.45, 2.75) is 44.4 Å². The fourth-order valence-corrected chi connectivity index (χ4v) is 6.28. The van der Waals surface area contributed by atoms with Crippen molar-refractivity contribution in [3.8, 4) is 0 Å². The standard InChI is InChI=1S/C26H29Cl3N2O2/c1-2-3-24(32)30-13-25(33)31-14-17-6-10-21(20-11-9-19(28)12-23(20)29)26(22(17)15-31)16-4-7-18(27)8-5-16/h4-5,7-9,11-12,17,21-22,26H,2-3,6,10,13-15H2,1H3,(H,30,32). The smallest absolute Gasteiger partial charge is 0.241 e. The van der Waals surface area contributed by atoms with Crippen LogP contribution in [0.5, 0.6) is 0 Å². The molecule has 4 unspecified atom stereocenters. The minimum atomic E-state index is -0.0704. The number of nitrogens with zero attached hydrogens (tertiary/aromatic N) is 1. The number of carbonyl (C=O) groups is 2. The monoisotopic (exact) mass is 506 g/mol. The average Bonchev–Trinajstić information content (AvgIpc) is 3.22. The summed E-state index contributed by atoms with van der Waals surface area (Å²) in [4.78, 5) is 26.6. The molecule has 1 aliphatic heterocycles. The minimum Gasteiger partial charge on any atom is -0.347 e. The van der Waals surface area contributed by atoms with E-state index in [1.165, 1.54) is 5.56 Å². The summed E-state index contributed by atoms with van der Waals surface area (Å²) in [7, 11) is 0. The number of carbonyl (C=O) groups excluding carboxylic acids is 2. The third-order valence-electron chi connectivity index (χ3n) is 7.12. The SMILES string of the molecule is CCCC(=O)NCC(=O)N1CC2CCC(c3ccc(Cl)cc3Cl)C(c3ccc(Cl)cc3)C2C1. The molecule has 0 radical (unpaired) electrons. The van der Waals surface area contributed by atoms with Crippen LogP contribution in [0, 0.1) is 11.8 Å². The van der Waals surface area contributed by atoms with E-state index in [9.17, 15) is 9.59 Å². The first-order valence-electron chi connectivity index (χ1n) is 11.6. The first-order valence-corrected chi connectivity index (χ1v) is 12.8. The van der Waals surface area contributed by atoms with Gasteiger partial charge in [0.25, 0.3) is 0 Å². The van der Waals surface area contributed by atoms with Crippen LogP contribution in [0.1, 0.15) is 55.6 Å². The summed E-state index contributed by atoms with van der Waals surface area (Å²) in [6, 6.07) is 13.8. The lowest BCUT2D eigenvalue weighted by atomic mass is 9.63. The number of hydrogen-bond donors (Lipinski definition) is 1. The fourth-order valence-electron chi connectivity index (χ4n) is 5.60. The Kier molecular flexibility index (Phi) is 7.88. The number of halogens is 3. The second kappa shape index (κ2) is 10.7. The van der Waals surface area contributed by atoms with Gasteiger partial charge in [-0.2, -0.15) is 0 Å². The van der Waals surface area contributed by atoms with E-state index >= 15 is 0 Å². The highest BCUT2D eigenvalue weighted by Crippen LogP contribution is 2.53. The van der Waals surface area contributed by atoms with Gasteiger partial charge in [-0.1, -0.05) is 59.9 Å². The Balaban J connectivity index is 1.59. The first-order chi connectivity index (χ1) is 15.9. The Morgan fingerprint density at radius 2 is 1.73 bits per heavy atom. The van der Waals surface area contributed by atoms with Gasteiger partial charge in [-0.3, -0.25) is 9.59 Å². The molecule has 4 nitrogen and oxygen atoms in total. The average molecular weight is 508 g/mol. The topological polar surface area (TPSA) is 49.4 Å². The van der Waals surface area contributed by atoms with Crippen molar-refractivity contribution in [1.82, 2.24) is 10.2 Å². The summed E-state index contributed by atoms with van der Waals surface area (Å²) < 4.78 is 0. The van der Waals surface area contributed by atoms with Crippen molar-refractivity contribution >= 4 is 46.6 Å². The number of likely N-dealkylation sites (tertiary alicyclic amines) is 1. The molecule has 1 aliphatic carbocycles. The molecule has 176 valence electrons. The number of nitrogens with one attached hydrogen (secondary N) is 1. The molecule has 2 aliphatic rings. The van der Waals surface area contributed by atoms with Gasteiger partial charge in [0.2, 0.25) is 11.8 Å². The molecular formula is C26H29Cl3N2O2. The molecule has 0 aromatic heterocycles. The summed E-state index contributed by atoms with van der Waals surface area (Å²) in [5.74, 6) is 1.10. The first kappa shape index (κ1) is 24.4. The number of fused-ring (bicyclic) bond motifs is 1. The molecule has 2 aromatic carbocycles. The van der Waals surface area contributed by atoms with Crippen LogP contribution in [0.3, 0.4) is 0 Å². The quantitative estimate of drug-likeness (QED) is 0.499. The number of hydrogen-bond acceptors (Lipinski definition) is 2. The summed E-state index contributed by atoms with van der Waals surface area (Å²) in [5, 5.41) is 4.79. The van der Waals surface area contributed by atoms with E-state index in [0.717, 1.165) is 31.4 Å². The van der Waals surface area contributed by atoms with Gasteiger partial charge in [0.05, 0.1) is 6.54 Å². The molecule has 2 amide bonds. The van der Waals surface area contributed by atoms with Crippen molar-refractivity contribution < 1.29 is 9.59 Å². The Hall–Kier alpha value is -1.75. The molecule has 0 bridgehead atoms. The maximum absolute atomic E-state index is 12.9. The maximum Gasteiger partial charge on any atom is 0.241 e. The highest BCUT2D eigenvalue weighted by Gasteiger charge is 2.46. The predicted octanol–water partition coefficient (Wildman–Crippen LogP) is 6.30. The summed E-state index contributed by atoms with van der Waals surface area (Å²) >= 11 is 19.0. The van der Waals surface area contributed by atoms with Gasteiger partial charge in [0.15, 0.2) is 0 Å². The van der Waals surface area contributed by atoms with Crippen molar-refractivity contribution in [2.24, 2.45) is 11.8 Å². The minimum absolute atomic E-state index is 0.00946. The molecule has 1 N–H and O–H groups in total. The van der Waals surface area contributed by atoms with Crippen molar-refractivity contribution in [3.05, 3.63) is 68.7 Å². The summed E-state index contributed by atoms with van der Waals surface area (Å²) in [6.07, 6.45) is 3.24. The zero-order chi connectivity index (χ0) is 23.5. The molecule has 33 heavy (non-hydrogen) atoms. The number of amides is 2. The second-order valence-corrected chi connectivity index (χ2v) is 10.5. The van der Waals surface area contributed by atoms with E-state index in [4.69, 9.17) is 34.8 Å². The highest BCUT2D eigenvalue weighted by atomic mass is 35.5. The molecular weight excluding hydrogens is 479 g/mol. The lowest BCUT2D eigenvalue weighted by Crippen LogP contribution is -2.39. The van der Waals surface area contributed by atoms with E-state index in [2.05, 4.69) is 17.4 Å². The molecule has 4 atom stereocenters. The largest absolute Gasteiger partial charge is 0.347 e. The van der Waals surface area contributed by atoms with Crippen LogP contribution in [0.15, 0.2) is 42.5 Å². The van der Waals surface area contributed by atoms with E-state index in [-0.39, 0.29) is 30.2 Å². The van der Waals surface area contributed by atoms with Gasteiger partial charge in [-0.15, -0.1) is 0 Å². The third-order valence-corrected chi connectivity index (χ3v) is 7.93. The molecule has 0 spiro atoms. The van der Waals surface area contributed by atoms with E-state index < -0.39 is 0 Å². The molecule has 7 heteroatoms. The van der Waals surface area contributed by atoms with Gasteiger partial charge in [-0.05, 0) is 78.3 Å². The summed E-state index contributed by atoms with van der Waals surface area (Å²) in [5.41, 5.74) is 2.33. The number of benzene rings is 2. The van der Waals surface area contributed by atoms with E-state index in [1.807, 2.05) is 42.2 Å². The Morgan fingerprint density at radius 1 is 1.00 bits per heavy atom. The lowest BCUT2D eigenvalue weighted by Gasteiger charge is -2.40. The van der Waals surface area contributed by atoms with Crippen LogP contribution >= 0.6 is 34.8 Å². The normalized spacial score (nSPS) is 24.4. The van der Waals surface area contributed by atoms with Crippen LogP contribution in [-0.4, -0.2) is 36.3 Å². The van der Waals surface area contributed by atoms with Crippen LogP contribution in [0.2, 0.25) is 15.1 Å². The molecule has 2 fully saturated rings. The molecule has 1 saturated heterocycles. The Labute approximate surface area is 210 Å². The van der Waals surface area contributed by atoms with E-state index in [1.54, 1.807) is 0 Å². The van der Waals surface area contributed by atoms with Crippen LogP contribution in [0.4, 0.5) is 0 Å². The molecule has 1 saturated carbocycles. The highest BCUT2D eigenvalue weighted by molar-refractivity contribution is 6.35. The fraction of sp³-hybridized carbons (Fsp3) is 0.462. The Morgan fingerprint density at radius 3 is 2.42 bits per heavy atom. The second-order valence-electron chi connectivity index (χ2n) is 9.18. The zero-order valence-corrected chi connectivity index (χ0v) is 21.0. The molecule has 1 heterocycles. The third kappa shape index (κ3) is 5.50. The number of rotatable bonds is 6. The van der Waals surface area contributed by atoms with Gasteiger partial charge in [0, 0.05) is 34.6 Å². The van der Waals surface area contributed by atoms with Crippen molar-refractivity contribution in [1.29, 1.82) is 0 Å². The maximum atomic E-state index is 12.9. The lowest BCUT2D eigenvalue weighted by molar-refractivity contribution is -0.132. The summed E-state index contributed by atoms with van der Waals surface area (Å²) in [6.45, 7) is 3.43. The van der Waals surface area contributed by atoms with Gasteiger partial charge in [-0.25, -0.2) is 0 Å². The molecule has 4 rings (SSSR count).